The number of carbonyl (C=O) groups excluding carboxylic acids is 2. The van der Waals surface area contributed by atoms with Crippen molar-refractivity contribution in [2.75, 3.05) is 30.5 Å². The van der Waals surface area contributed by atoms with E-state index in [9.17, 15) is 14.9 Å². The van der Waals surface area contributed by atoms with E-state index in [1.54, 1.807) is 23.9 Å². The SMILES string of the molecule is Cc1c(C(=O)OCC(=O)C(C#N)=C2N(C)c3ccccc3N2C)sc2ccccc12. The molecule has 7 heteroatoms. The van der Waals surface area contributed by atoms with E-state index in [0.29, 0.717) is 10.7 Å². The number of anilines is 2. The van der Waals surface area contributed by atoms with Crippen molar-refractivity contribution in [1.82, 2.24) is 0 Å². The van der Waals surface area contributed by atoms with Crippen molar-refractivity contribution in [2.45, 2.75) is 6.92 Å². The highest BCUT2D eigenvalue weighted by atomic mass is 32.1. The topological polar surface area (TPSA) is 73.6 Å². The van der Waals surface area contributed by atoms with Crippen LogP contribution in [-0.4, -0.2) is 32.5 Å². The summed E-state index contributed by atoms with van der Waals surface area (Å²) in [6.07, 6.45) is 0. The van der Waals surface area contributed by atoms with Gasteiger partial charge in [-0.05, 0) is 36.1 Å². The molecule has 1 aliphatic heterocycles. The summed E-state index contributed by atoms with van der Waals surface area (Å²) in [5.74, 6) is -0.621. The molecule has 0 fully saturated rings. The van der Waals surface area contributed by atoms with Crippen LogP contribution in [0.2, 0.25) is 0 Å². The predicted molar refractivity (Wildman–Crippen MR) is 118 cm³/mol. The van der Waals surface area contributed by atoms with Crippen molar-refractivity contribution in [2.24, 2.45) is 0 Å². The standard InChI is InChI=1S/C23H19N3O3S/c1-14-15-8-4-7-11-20(15)30-21(14)23(28)29-13-19(27)16(12-24)22-25(2)17-9-5-6-10-18(17)26(22)3/h4-11H,13H2,1-3H3. The number of hydrogen-bond donors (Lipinski definition) is 0. The first-order valence-corrected chi connectivity index (χ1v) is 10.1. The Morgan fingerprint density at radius 1 is 1.03 bits per heavy atom. The van der Waals surface area contributed by atoms with Gasteiger partial charge in [0, 0.05) is 18.8 Å². The van der Waals surface area contributed by atoms with Gasteiger partial charge >= 0.3 is 5.97 Å². The molecule has 0 atom stereocenters. The van der Waals surface area contributed by atoms with Crippen LogP contribution in [0.4, 0.5) is 11.4 Å². The first-order valence-electron chi connectivity index (χ1n) is 9.33. The Labute approximate surface area is 178 Å². The number of Topliss-reactive ketones (excluding diaryl/α,β-unsaturated/α-hetero) is 1. The number of fused-ring (bicyclic) bond motifs is 2. The zero-order valence-electron chi connectivity index (χ0n) is 16.8. The van der Waals surface area contributed by atoms with E-state index < -0.39 is 18.4 Å². The summed E-state index contributed by atoms with van der Waals surface area (Å²) < 4.78 is 6.28. The predicted octanol–water partition coefficient (Wildman–Crippen LogP) is 4.26. The van der Waals surface area contributed by atoms with E-state index in [1.165, 1.54) is 11.3 Å². The third-order valence-corrected chi connectivity index (χ3v) is 6.47. The number of aryl methyl sites for hydroxylation is 1. The zero-order chi connectivity index (χ0) is 21.4. The van der Waals surface area contributed by atoms with E-state index in [4.69, 9.17) is 4.74 Å². The number of nitriles is 1. The van der Waals surface area contributed by atoms with Crippen molar-refractivity contribution in [3.63, 3.8) is 0 Å². The van der Waals surface area contributed by atoms with Gasteiger partial charge in [-0.15, -0.1) is 11.3 Å². The normalized spacial score (nSPS) is 12.7. The number of hydrogen-bond acceptors (Lipinski definition) is 7. The Balaban J connectivity index is 1.56. The highest BCUT2D eigenvalue weighted by Crippen LogP contribution is 2.40. The Morgan fingerprint density at radius 2 is 1.63 bits per heavy atom. The Morgan fingerprint density at radius 3 is 2.23 bits per heavy atom. The summed E-state index contributed by atoms with van der Waals surface area (Å²) in [5, 5.41) is 10.7. The molecule has 0 unspecified atom stereocenters. The minimum atomic E-state index is -0.555. The van der Waals surface area contributed by atoms with Crippen LogP contribution in [0.5, 0.6) is 0 Å². The van der Waals surface area contributed by atoms with Crippen LogP contribution in [-0.2, 0) is 9.53 Å². The lowest BCUT2D eigenvalue weighted by atomic mass is 10.1. The third kappa shape index (κ3) is 3.11. The number of carbonyl (C=O) groups is 2. The fourth-order valence-corrected chi connectivity index (χ4v) is 4.80. The van der Waals surface area contributed by atoms with Gasteiger partial charge in [-0.25, -0.2) is 4.79 Å². The minimum absolute atomic E-state index is 0.0444. The summed E-state index contributed by atoms with van der Waals surface area (Å²) in [4.78, 5) is 29.4. The molecule has 0 saturated heterocycles. The third-order valence-electron chi connectivity index (χ3n) is 5.22. The molecule has 2 heterocycles. The van der Waals surface area contributed by atoms with Crippen molar-refractivity contribution in [1.29, 1.82) is 5.26 Å². The van der Waals surface area contributed by atoms with Gasteiger partial charge in [0.1, 0.15) is 22.3 Å². The Hall–Kier alpha value is -3.63. The van der Waals surface area contributed by atoms with Crippen LogP contribution < -0.4 is 9.80 Å². The molecule has 0 saturated carbocycles. The van der Waals surface area contributed by atoms with E-state index >= 15 is 0 Å². The first-order chi connectivity index (χ1) is 14.4. The molecule has 3 aromatic rings. The second-order valence-corrected chi connectivity index (χ2v) is 8.02. The molecule has 6 nitrogen and oxygen atoms in total. The number of para-hydroxylation sites is 2. The quantitative estimate of drug-likeness (QED) is 0.359. The lowest BCUT2D eigenvalue weighted by molar-refractivity contribution is -0.118. The summed E-state index contributed by atoms with van der Waals surface area (Å²) in [6.45, 7) is 1.37. The summed E-state index contributed by atoms with van der Waals surface area (Å²) in [6, 6.07) is 17.3. The van der Waals surface area contributed by atoms with Crippen molar-refractivity contribution < 1.29 is 14.3 Å². The molecule has 0 amide bonds. The summed E-state index contributed by atoms with van der Waals surface area (Å²) >= 11 is 1.34. The molecule has 1 aliphatic rings. The smallest absolute Gasteiger partial charge is 0.349 e. The average molecular weight is 417 g/mol. The number of benzene rings is 2. The fraction of sp³-hybridized carbons (Fsp3) is 0.174. The molecule has 0 spiro atoms. The number of ether oxygens (including phenoxy) is 1. The van der Waals surface area contributed by atoms with Crippen LogP contribution in [0.1, 0.15) is 15.2 Å². The molecular weight excluding hydrogens is 398 g/mol. The lowest BCUT2D eigenvalue weighted by Crippen LogP contribution is -2.27. The second-order valence-electron chi connectivity index (χ2n) is 6.97. The largest absolute Gasteiger partial charge is 0.453 e. The van der Waals surface area contributed by atoms with Crippen LogP contribution in [0, 0.1) is 18.3 Å². The summed E-state index contributed by atoms with van der Waals surface area (Å²) in [7, 11) is 3.60. The van der Waals surface area contributed by atoms with E-state index in [2.05, 4.69) is 0 Å². The van der Waals surface area contributed by atoms with E-state index in [-0.39, 0.29) is 5.57 Å². The van der Waals surface area contributed by atoms with Gasteiger partial charge in [0.05, 0.1) is 11.4 Å². The first kappa shape index (κ1) is 19.7. The van der Waals surface area contributed by atoms with Crippen LogP contribution in [0.3, 0.4) is 0 Å². The van der Waals surface area contributed by atoms with E-state index in [0.717, 1.165) is 27.0 Å². The molecular formula is C23H19N3O3S. The van der Waals surface area contributed by atoms with Gasteiger partial charge in [0.25, 0.3) is 0 Å². The maximum absolute atomic E-state index is 12.8. The van der Waals surface area contributed by atoms with Crippen molar-refractivity contribution in [3.8, 4) is 6.07 Å². The van der Waals surface area contributed by atoms with Gasteiger partial charge in [0.15, 0.2) is 6.61 Å². The molecule has 30 heavy (non-hydrogen) atoms. The molecule has 4 rings (SSSR count). The Bertz CT molecular complexity index is 1220. The number of rotatable bonds is 4. The second kappa shape index (κ2) is 7.65. The summed E-state index contributed by atoms with van der Waals surface area (Å²) in [5.41, 5.74) is 2.58. The van der Waals surface area contributed by atoms with Crippen LogP contribution in [0.25, 0.3) is 10.1 Å². The molecule has 0 aliphatic carbocycles. The highest BCUT2D eigenvalue weighted by Gasteiger charge is 2.31. The van der Waals surface area contributed by atoms with Crippen LogP contribution >= 0.6 is 11.3 Å². The van der Waals surface area contributed by atoms with Crippen molar-refractivity contribution >= 4 is 44.6 Å². The Kier molecular flexibility index (Phi) is 5.02. The van der Waals surface area contributed by atoms with Gasteiger partial charge in [-0.3, -0.25) is 4.79 Å². The molecule has 0 bridgehead atoms. The number of ketones is 1. The zero-order valence-corrected chi connectivity index (χ0v) is 17.6. The number of nitrogens with zero attached hydrogens (tertiary/aromatic N) is 3. The van der Waals surface area contributed by atoms with Gasteiger partial charge in [-0.1, -0.05) is 30.3 Å². The highest BCUT2D eigenvalue weighted by molar-refractivity contribution is 7.21. The van der Waals surface area contributed by atoms with Gasteiger partial charge in [0.2, 0.25) is 5.78 Å². The molecule has 150 valence electrons. The molecule has 0 N–H and O–H groups in total. The lowest BCUT2D eigenvalue weighted by Gasteiger charge is -2.19. The maximum Gasteiger partial charge on any atom is 0.349 e. The molecule has 1 aromatic heterocycles. The fourth-order valence-electron chi connectivity index (χ4n) is 3.69. The van der Waals surface area contributed by atoms with Crippen LogP contribution in [0.15, 0.2) is 59.9 Å². The maximum atomic E-state index is 12.8. The van der Waals surface area contributed by atoms with Gasteiger partial charge < -0.3 is 14.5 Å². The van der Waals surface area contributed by atoms with Gasteiger partial charge in [-0.2, -0.15) is 5.26 Å². The van der Waals surface area contributed by atoms with E-state index in [1.807, 2.05) is 61.5 Å². The number of thiophene rings is 1. The number of esters is 1. The molecule has 2 aromatic carbocycles. The molecule has 0 radical (unpaired) electrons. The van der Waals surface area contributed by atoms with Crippen molar-refractivity contribution in [3.05, 3.63) is 70.4 Å². The monoisotopic (exact) mass is 417 g/mol. The minimum Gasteiger partial charge on any atom is -0.453 e. The average Bonchev–Trinajstić information content (AvgIpc) is 3.23.